The van der Waals surface area contributed by atoms with Crippen molar-refractivity contribution in [2.45, 2.75) is 11.3 Å². The highest BCUT2D eigenvalue weighted by atomic mass is 32.2. The van der Waals surface area contributed by atoms with Gasteiger partial charge in [0.2, 0.25) is 0 Å². The Labute approximate surface area is 74.0 Å². The van der Waals surface area contributed by atoms with E-state index in [1.165, 1.54) is 0 Å². The quantitative estimate of drug-likeness (QED) is 0.754. The van der Waals surface area contributed by atoms with Gasteiger partial charge in [0.25, 0.3) is 6.43 Å². The van der Waals surface area contributed by atoms with Crippen LogP contribution in [0.25, 0.3) is 0 Å². The molecule has 0 aliphatic rings. The molecule has 0 N–H and O–H groups in total. The number of hydrogen-bond donors (Lipinski definition) is 1. The number of thiol groups is 1. The molecule has 2 nitrogen and oxygen atoms in total. The van der Waals surface area contributed by atoms with Crippen LogP contribution in [-0.4, -0.2) is 8.42 Å². The first-order valence-electron chi connectivity index (χ1n) is 3.24. The Morgan fingerprint density at radius 3 is 2.31 bits per heavy atom. The van der Waals surface area contributed by atoms with E-state index >= 15 is 0 Å². The number of halogens is 3. The molecule has 6 heteroatoms. The van der Waals surface area contributed by atoms with Crippen LogP contribution >= 0.6 is 0 Å². The van der Waals surface area contributed by atoms with E-state index in [0.29, 0.717) is 6.07 Å². The second kappa shape index (κ2) is 3.78. The highest BCUT2D eigenvalue weighted by Crippen LogP contribution is 2.24. The van der Waals surface area contributed by atoms with E-state index in [9.17, 15) is 21.6 Å². The number of alkyl halides is 2. The summed E-state index contributed by atoms with van der Waals surface area (Å²) >= 11 is 0. The fraction of sp³-hybridized carbons (Fsp3) is 0.143. The van der Waals surface area contributed by atoms with Crippen LogP contribution in [0.3, 0.4) is 0 Å². The molecule has 0 spiro atoms. The van der Waals surface area contributed by atoms with Gasteiger partial charge in [0, 0.05) is 5.56 Å². The minimum Gasteiger partial charge on any atom is -0.227 e. The van der Waals surface area contributed by atoms with Gasteiger partial charge >= 0.3 is 0 Å². The van der Waals surface area contributed by atoms with Crippen LogP contribution in [0.4, 0.5) is 13.2 Å². The second-order valence-corrected chi connectivity index (χ2v) is 3.26. The highest BCUT2D eigenvalue weighted by Gasteiger charge is 2.15. The van der Waals surface area contributed by atoms with Crippen molar-refractivity contribution in [3.05, 3.63) is 29.6 Å². The molecule has 0 unspecified atom stereocenters. The summed E-state index contributed by atoms with van der Waals surface area (Å²) in [5.41, 5.74) is -0.795. The molecule has 0 aliphatic heterocycles. The molecule has 0 heterocycles. The van der Waals surface area contributed by atoms with Gasteiger partial charge in [-0.15, -0.1) is 0 Å². The van der Waals surface area contributed by atoms with E-state index in [2.05, 4.69) is 0 Å². The Morgan fingerprint density at radius 2 is 1.85 bits per heavy atom. The van der Waals surface area contributed by atoms with Crippen molar-refractivity contribution in [1.29, 1.82) is 0 Å². The van der Waals surface area contributed by atoms with Crippen LogP contribution in [0, 0.1) is 5.82 Å². The molecule has 0 saturated heterocycles. The average Bonchev–Trinajstić information content (AvgIpc) is 2.03. The monoisotopic (exact) mass is 210 g/mol. The first-order valence-corrected chi connectivity index (χ1v) is 4.42. The van der Waals surface area contributed by atoms with E-state index < -0.39 is 33.4 Å². The molecule has 0 radical (unpaired) electrons. The van der Waals surface area contributed by atoms with E-state index in [0.717, 1.165) is 12.1 Å². The number of benzene rings is 1. The van der Waals surface area contributed by atoms with Crippen LogP contribution in [0.15, 0.2) is 23.1 Å². The first kappa shape index (κ1) is 10.0. The van der Waals surface area contributed by atoms with Gasteiger partial charge in [-0.25, -0.2) is 21.6 Å². The molecule has 0 aliphatic carbocycles. The summed E-state index contributed by atoms with van der Waals surface area (Å²) in [7, 11) is -3.11. The molecular formula is C7H5F3O2S. The average molecular weight is 210 g/mol. The van der Waals surface area contributed by atoms with Gasteiger partial charge in [0.15, 0.2) is 10.7 Å². The molecule has 1 rings (SSSR count). The largest absolute Gasteiger partial charge is 0.265 e. The lowest BCUT2D eigenvalue weighted by Gasteiger charge is -2.02. The molecule has 0 fully saturated rings. The van der Waals surface area contributed by atoms with Crippen molar-refractivity contribution in [3.63, 3.8) is 0 Å². The zero-order chi connectivity index (χ0) is 10.0. The molecule has 72 valence electrons. The molecule has 1 aromatic carbocycles. The lowest BCUT2D eigenvalue weighted by atomic mass is 10.2. The summed E-state index contributed by atoms with van der Waals surface area (Å²) in [5.74, 6) is -0.879. The smallest absolute Gasteiger partial charge is 0.227 e. The summed E-state index contributed by atoms with van der Waals surface area (Å²) in [6.07, 6.45) is -2.99. The summed E-state index contributed by atoms with van der Waals surface area (Å²) in [6, 6.07) is 2.17. The van der Waals surface area contributed by atoms with Gasteiger partial charge in [-0.3, -0.25) is 0 Å². The third-order valence-corrected chi connectivity index (χ3v) is 2.22. The lowest BCUT2D eigenvalue weighted by Crippen LogP contribution is -1.93. The van der Waals surface area contributed by atoms with Gasteiger partial charge in [-0.05, 0) is 18.2 Å². The first-order chi connectivity index (χ1) is 6.02. The lowest BCUT2D eigenvalue weighted by molar-refractivity contribution is 0.147. The third kappa shape index (κ3) is 2.21. The Hall–Kier alpha value is -1.04. The Balaban J connectivity index is 3.35. The molecule has 1 aromatic rings. The number of hydrogen-bond acceptors (Lipinski definition) is 2. The predicted octanol–water partition coefficient (Wildman–Crippen LogP) is 1.73. The molecular weight excluding hydrogens is 205 g/mol. The molecule has 0 amide bonds. The minimum atomic E-state index is -3.11. The van der Waals surface area contributed by atoms with Crippen molar-refractivity contribution in [2.75, 3.05) is 0 Å². The molecule has 13 heavy (non-hydrogen) atoms. The summed E-state index contributed by atoms with van der Waals surface area (Å²) < 4.78 is 57.5. The van der Waals surface area contributed by atoms with Crippen molar-refractivity contribution in [1.82, 2.24) is 0 Å². The van der Waals surface area contributed by atoms with Crippen molar-refractivity contribution in [3.8, 4) is 0 Å². The maximum atomic E-state index is 12.4. The van der Waals surface area contributed by atoms with Crippen LogP contribution in [0.2, 0.25) is 0 Å². The molecule has 0 aromatic heterocycles. The SMILES string of the molecule is O=[SH](=O)c1ccc(F)cc1C(F)F. The zero-order valence-electron chi connectivity index (χ0n) is 6.21. The van der Waals surface area contributed by atoms with Crippen molar-refractivity contribution < 1.29 is 21.6 Å². The van der Waals surface area contributed by atoms with Gasteiger partial charge in [0.1, 0.15) is 5.82 Å². The summed E-state index contributed by atoms with van der Waals surface area (Å²) in [6.45, 7) is 0. The fourth-order valence-electron chi connectivity index (χ4n) is 0.866. The summed E-state index contributed by atoms with van der Waals surface area (Å²) in [4.78, 5) is -0.536. The van der Waals surface area contributed by atoms with E-state index in [1.54, 1.807) is 0 Å². The van der Waals surface area contributed by atoms with Crippen LogP contribution < -0.4 is 0 Å². The van der Waals surface area contributed by atoms with Crippen molar-refractivity contribution in [2.24, 2.45) is 0 Å². The van der Waals surface area contributed by atoms with Crippen LogP contribution in [-0.2, 0) is 10.7 Å². The van der Waals surface area contributed by atoms with Crippen LogP contribution in [0.1, 0.15) is 12.0 Å². The van der Waals surface area contributed by atoms with E-state index in [1.807, 2.05) is 0 Å². The third-order valence-electron chi connectivity index (χ3n) is 1.42. The molecule has 0 saturated carbocycles. The molecule has 0 bridgehead atoms. The zero-order valence-corrected chi connectivity index (χ0v) is 7.10. The minimum absolute atomic E-state index is 0.519. The Morgan fingerprint density at radius 1 is 1.23 bits per heavy atom. The Bertz CT molecular complexity index is 379. The Kier molecular flexibility index (Phi) is 2.92. The van der Waals surface area contributed by atoms with Crippen molar-refractivity contribution >= 4 is 10.7 Å². The van der Waals surface area contributed by atoms with Crippen LogP contribution in [0.5, 0.6) is 0 Å². The second-order valence-electron chi connectivity index (χ2n) is 2.26. The maximum absolute atomic E-state index is 12.4. The van der Waals surface area contributed by atoms with E-state index in [-0.39, 0.29) is 0 Å². The fourth-order valence-corrected chi connectivity index (χ4v) is 1.44. The van der Waals surface area contributed by atoms with E-state index in [4.69, 9.17) is 0 Å². The normalized spacial score (nSPS) is 11.2. The topological polar surface area (TPSA) is 34.1 Å². The predicted molar refractivity (Wildman–Crippen MR) is 39.9 cm³/mol. The van der Waals surface area contributed by atoms with Gasteiger partial charge < -0.3 is 0 Å². The molecule has 0 atom stereocenters. The summed E-state index contributed by atoms with van der Waals surface area (Å²) in [5, 5.41) is 0. The van der Waals surface area contributed by atoms with Gasteiger partial charge in [-0.1, -0.05) is 0 Å². The standard InChI is InChI=1S/C7H5F3O2S/c8-4-1-2-6(13(11)12)5(3-4)7(9)10/h1-3,7,13H. The van der Waals surface area contributed by atoms with Gasteiger partial charge in [0.05, 0.1) is 4.90 Å². The maximum Gasteiger partial charge on any atom is 0.265 e. The van der Waals surface area contributed by atoms with Gasteiger partial charge in [-0.2, -0.15) is 0 Å². The highest BCUT2D eigenvalue weighted by molar-refractivity contribution is 7.72. The number of rotatable bonds is 2.